The molecule has 0 spiro atoms. The molecule has 0 saturated heterocycles. The molecule has 0 aliphatic carbocycles. The number of amides is 1. The number of carbonyl (C=O) groups is 1. The van der Waals surface area contributed by atoms with Crippen molar-refractivity contribution in [3.05, 3.63) is 48.6 Å². The van der Waals surface area contributed by atoms with Gasteiger partial charge in [0, 0.05) is 6.42 Å². The Kier molecular flexibility index (Phi) is 31.9. The highest BCUT2D eigenvalue weighted by atomic mass is 16.3. The van der Waals surface area contributed by atoms with Crippen LogP contribution in [0, 0.1) is 0 Å². The molecule has 3 unspecified atom stereocenters. The molecule has 4 N–H and O–H groups in total. The number of aliphatic hydroxyl groups is 3. The number of aliphatic hydroxyl groups excluding tert-OH is 3. The molecule has 0 heterocycles. The van der Waals surface area contributed by atoms with Crippen LogP contribution in [0.1, 0.15) is 162 Å². The maximum absolute atomic E-state index is 12.3. The topological polar surface area (TPSA) is 89.8 Å². The highest BCUT2D eigenvalue weighted by Crippen LogP contribution is 2.12. The number of allylic oxidation sites excluding steroid dienone is 8. The lowest BCUT2D eigenvalue weighted by atomic mass is 10.0. The van der Waals surface area contributed by atoms with Crippen LogP contribution in [0.15, 0.2) is 48.6 Å². The summed E-state index contributed by atoms with van der Waals surface area (Å²) in [6.45, 7) is 4.08. The minimum absolute atomic E-state index is 0.174. The second kappa shape index (κ2) is 33.2. The summed E-state index contributed by atoms with van der Waals surface area (Å²) in [5, 5.41) is 33.3. The summed E-state index contributed by atoms with van der Waals surface area (Å²) in [6, 6.07) is -0.837. The first-order chi connectivity index (χ1) is 21.1. The molecule has 0 bridgehead atoms. The number of unbranched alkanes of at least 4 members (excludes halogenated alkanes) is 16. The molecular weight excluding hydrogens is 534 g/mol. The molecule has 0 rings (SSSR count). The van der Waals surface area contributed by atoms with Crippen LogP contribution in [0.2, 0.25) is 0 Å². The zero-order valence-electron chi connectivity index (χ0n) is 28.1. The van der Waals surface area contributed by atoms with Gasteiger partial charge in [-0.3, -0.25) is 4.79 Å². The zero-order valence-corrected chi connectivity index (χ0v) is 28.1. The normalized spacial score (nSPS) is 14.4. The number of nitrogens with one attached hydrogen (secondary N) is 1. The minimum atomic E-state index is -1.17. The van der Waals surface area contributed by atoms with Gasteiger partial charge in [-0.2, -0.15) is 0 Å². The molecule has 1 amide bonds. The van der Waals surface area contributed by atoms with Crippen LogP contribution in [0.25, 0.3) is 0 Å². The number of rotatable bonds is 31. The van der Waals surface area contributed by atoms with E-state index in [9.17, 15) is 20.1 Å². The molecule has 0 fully saturated rings. The van der Waals surface area contributed by atoms with E-state index >= 15 is 0 Å². The Bertz CT molecular complexity index is 715. The van der Waals surface area contributed by atoms with Crippen LogP contribution in [0.5, 0.6) is 0 Å². The van der Waals surface area contributed by atoms with E-state index in [2.05, 4.69) is 67.8 Å². The number of hydrogen-bond donors (Lipinski definition) is 4. The van der Waals surface area contributed by atoms with E-state index in [1.54, 1.807) is 0 Å². The first-order valence-corrected chi connectivity index (χ1v) is 17.9. The van der Waals surface area contributed by atoms with Gasteiger partial charge in [0.2, 0.25) is 5.91 Å². The van der Waals surface area contributed by atoms with E-state index in [0.29, 0.717) is 12.8 Å². The van der Waals surface area contributed by atoms with Crippen LogP contribution in [0.4, 0.5) is 0 Å². The Morgan fingerprint density at radius 2 is 1.02 bits per heavy atom. The molecule has 250 valence electrons. The Hall–Kier alpha value is -1.69. The van der Waals surface area contributed by atoms with E-state index in [0.717, 1.165) is 51.4 Å². The Labute approximate surface area is 266 Å². The Morgan fingerprint density at radius 3 is 1.60 bits per heavy atom. The molecule has 0 saturated carbocycles. The third kappa shape index (κ3) is 28.8. The number of carbonyl (C=O) groups excluding carboxylic acids is 1. The van der Waals surface area contributed by atoms with E-state index in [-0.39, 0.29) is 12.5 Å². The van der Waals surface area contributed by atoms with Crippen LogP contribution in [-0.2, 0) is 4.79 Å². The van der Waals surface area contributed by atoms with Gasteiger partial charge in [0.15, 0.2) is 0 Å². The molecular formula is C38H69NO4. The summed E-state index contributed by atoms with van der Waals surface area (Å²) in [6.07, 6.45) is 40.5. The SMILES string of the molecule is CCCCC/C=C\C=C/CCCCCCCCC(=O)NC(CO)C(O)C(O)CCC/C=C/CC/C=C/CCCCCCC. The predicted molar refractivity (Wildman–Crippen MR) is 185 cm³/mol. The van der Waals surface area contributed by atoms with Gasteiger partial charge < -0.3 is 20.6 Å². The van der Waals surface area contributed by atoms with Crippen molar-refractivity contribution in [3.63, 3.8) is 0 Å². The fraction of sp³-hybridized carbons (Fsp3) is 0.763. The van der Waals surface area contributed by atoms with Crippen LogP contribution in [0.3, 0.4) is 0 Å². The molecule has 5 heteroatoms. The van der Waals surface area contributed by atoms with Gasteiger partial charge in [0.1, 0.15) is 6.10 Å². The third-order valence-electron chi connectivity index (χ3n) is 7.91. The van der Waals surface area contributed by atoms with E-state index in [1.165, 1.54) is 83.5 Å². The van der Waals surface area contributed by atoms with E-state index < -0.39 is 18.2 Å². The molecule has 43 heavy (non-hydrogen) atoms. The van der Waals surface area contributed by atoms with Gasteiger partial charge in [-0.1, -0.05) is 127 Å². The average Bonchev–Trinajstić information content (AvgIpc) is 3.01. The van der Waals surface area contributed by atoms with E-state index in [4.69, 9.17) is 0 Å². The van der Waals surface area contributed by atoms with Gasteiger partial charge in [-0.05, 0) is 77.0 Å². The fourth-order valence-electron chi connectivity index (χ4n) is 5.05. The minimum Gasteiger partial charge on any atom is -0.394 e. The van der Waals surface area contributed by atoms with Gasteiger partial charge >= 0.3 is 0 Å². The maximum atomic E-state index is 12.3. The largest absolute Gasteiger partial charge is 0.394 e. The van der Waals surface area contributed by atoms with Gasteiger partial charge in [-0.25, -0.2) is 0 Å². The first kappa shape index (κ1) is 41.3. The summed E-state index contributed by atoms with van der Waals surface area (Å²) in [4.78, 5) is 12.3. The van der Waals surface area contributed by atoms with Crippen LogP contribution < -0.4 is 5.32 Å². The smallest absolute Gasteiger partial charge is 0.220 e. The second-order valence-electron chi connectivity index (χ2n) is 12.1. The molecule has 5 nitrogen and oxygen atoms in total. The molecule has 0 aromatic rings. The van der Waals surface area contributed by atoms with Gasteiger partial charge in [0.25, 0.3) is 0 Å². The van der Waals surface area contributed by atoms with Crippen molar-refractivity contribution in [2.45, 2.75) is 180 Å². The van der Waals surface area contributed by atoms with Crippen molar-refractivity contribution < 1.29 is 20.1 Å². The highest BCUT2D eigenvalue weighted by molar-refractivity contribution is 5.76. The first-order valence-electron chi connectivity index (χ1n) is 17.9. The maximum Gasteiger partial charge on any atom is 0.220 e. The lowest BCUT2D eigenvalue weighted by Gasteiger charge is -2.26. The Balaban J connectivity index is 3.83. The molecule has 3 atom stereocenters. The van der Waals surface area contributed by atoms with Gasteiger partial charge in [-0.15, -0.1) is 0 Å². The quantitative estimate of drug-likeness (QED) is 0.0361. The van der Waals surface area contributed by atoms with E-state index in [1.807, 2.05) is 0 Å². The van der Waals surface area contributed by atoms with Crippen molar-refractivity contribution in [1.82, 2.24) is 5.32 Å². The lowest BCUT2D eigenvalue weighted by molar-refractivity contribution is -0.124. The van der Waals surface area contributed by atoms with Crippen LogP contribution in [-0.4, -0.2) is 46.1 Å². The van der Waals surface area contributed by atoms with Crippen molar-refractivity contribution in [3.8, 4) is 0 Å². The van der Waals surface area contributed by atoms with Crippen molar-refractivity contribution in [1.29, 1.82) is 0 Å². The average molecular weight is 604 g/mol. The van der Waals surface area contributed by atoms with Gasteiger partial charge in [0.05, 0.1) is 18.8 Å². The highest BCUT2D eigenvalue weighted by Gasteiger charge is 2.26. The number of hydrogen-bond acceptors (Lipinski definition) is 4. The molecule has 0 radical (unpaired) electrons. The standard InChI is InChI=1S/C38H69NO4/c1-3-5-7-9-11-13-15-17-19-21-23-25-27-29-31-33-37(42)39-35(34-40)38(43)36(41)32-30-28-26-24-22-20-18-16-14-12-10-8-6-4-2/h11,13,15-18,24,26,35-36,38,40-41,43H,3-10,12,14,19-23,25,27-34H2,1-2H3,(H,39,42)/b13-11-,17-15-,18-16+,26-24+. The summed E-state index contributed by atoms with van der Waals surface area (Å²) < 4.78 is 0. The molecule has 0 aromatic carbocycles. The third-order valence-corrected chi connectivity index (χ3v) is 7.91. The summed E-state index contributed by atoms with van der Waals surface area (Å²) >= 11 is 0. The van der Waals surface area contributed by atoms with Crippen molar-refractivity contribution in [2.75, 3.05) is 6.61 Å². The zero-order chi connectivity index (χ0) is 31.6. The molecule has 0 aromatic heterocycles. The predicted octanol–water partition coefficient (Wildman–Crippen LogP) is 9.42. The Morgan fingerprint density at radius 1 is 0.581 bits per heavy atom. The summed E-state index contributed by atoms with van der Waals surface area (Å²) in [7, 11) is 0. The van der Waals surface area contributed by atoms with Crippen molar-refractivity contribution >= 4 is 5.91 Å². The second-order valence-corrected chi connectivity index (χ2v) is 12.1. The summed E-state index contributed by atoms with van der Waals surface area (Å²) in [5.74, 6) is -0.174. The van der Waals surface area contributed by atoms with Crippen LogP contribution >= 0.6 is 0 Å². The molecule has 0 aliphatic heterocycles. The lowest BCUT2D eigenvalue weighted by Crippen LogP contribution is -2.50. The monoisotopic (exact) mass is 604 g/mol. The van der Waals surface area contributed by atoms with Crippen molar-refractivity contribution in [2.24, 2.45) is 0 Å². The fourth-order valence-corrected chi connectivity index (χ4v) is 5.05. The summed E-state index contributed by atoms with van der Waals surface area (Å²) in [5.41, 5.74) is 0. The molecule has 0 aliphatic rings.